The number of benzene rings is 3. The maximum absolute atomic E-state index is 14.1. The molecule has 0 aliphatic carbocycles. The van der Waals surface area contributed by atoms with E-state index >= 15 is 0 Å². The molecule has 6 rings (SSSR count). The molecule has 0 radical (unpaired) electrons. The lowest BCUT2D eigenvalue weighted by Crippen LogP contribution is -2.39. The molecule has 4 aromatic rings. The van der Waals surface area contributed by atoms with Gasteiger partial charge in [-0.1, -0.05) is 35.1 Å². The first-order valence-electron chi connectivity index (χ1n) is 15.3. The van der Waals surface area contributed by atoms with Crippen LogP contribution in [0, 0.1) is 0 Å². The number of nitrogens with zero attached hydrogens (tertiary/aromatic N) is 2. The zero-order chi connectivity index (χ0) is 33.8. The molecule has 0 N–H and O–H groups in total. The number of hydrogen-bond donors (Lipinski definition) is 0. The fourth-order valence-corrected chi connectivity index (χ4v) is 6.64. The minimum absolute atomic E-state index is 0.183. The van der Waals surface area contributed by atoms with Crippen LogP contribution in [-0.2, 0) is 16.1 Å². The number of carbonyl (C=O) groups is 1. The molecule has 0 fully saturated rings. The number of aromatic nitrogens is 1. The monoisotopic (exact) mass is 692 g/mol. The third-order valence-electron chi connectivity index (χ3n) is 7.46. The van der Waals surface area contributed by atoms with Crippen molar-refractivity contribution in [2.75, 3.05) is 33.7 Å². The molecule has 0 unspecified atom stereocenters. The van der Waals surface area contributed by atoms with E-state index in [-0.39, 0.29) is 24.5 Å². The number of esters is 1. The van der Waals surface area contributed by atoms with Gasteiger partial charge in [0.15, 0.2) is 39.3 Å². The van der Waals surface area contributed by atoms with Gasteiger partial charge < -0.3 is 33.2 Å². The summed E-state index contributed by atoms with van der Waals surface area (Å²) in [5, 5.41) is 0.310. The molecule has 0 spiro atoms. The standard InChI is InChI=1S/C35H33ClN2O9S/c1-5-42-25-11-9-22(16-28(25)43-6-2)31-23(34(40)41-4)17-37-35-38(31)33(39)30(48-35)15-21-12-24(36)32(29(14-21)44-7-3)45-18-20-8-10-26-27(13-20)47-19-46-26/h8-17,31H,5-7,18-19H2,1-4H3/b30-15-/t31-/m0/s1. The van der Waals surface area contributed by atoms with Gasteiger partial charge in [-0.25, -0.2) is 9.79 Å². The highest BCUT2D eigenvalue weighted by Gasteiger charge is 2.31. The molecule has 1 atom stereocenters. The molecular formula is C35H33ClN2O9S. The van der Waals surface area contributed by atoms with Gasteiger partial charge in [-0.2, -0.15) is 0 Å². The molecule has 0 saturated heterocycles. The van der Waals surface area contributed by atoms with E-state index in [1.54, 1.807) is 36.4 Å². The molecule has 11 nitrogen and oxygen atoms in total. The number of fused-ring (bicyclic) bond motifs is 2. The molecule has 0 amide bonds. The molecule has 48 heavy (non-hydrogen) atoms. The van der Waals surface area contributed by atoms with Crippen LogP contribution in [0.1, 0.15) is 43.5 Å². The molecule has 1 aromatic heterocycles. The molecule has 0 bridgehead atoms. The van der Waals surface area contributed by atoms with E-state index in [0.29, 0.717) is 79.8 Å². The van der Waals surface area contributed by atoms with Crippen LogP contribution < -0.4 is 43.3 Å². The topological polar surface area (TPSA) is 116 Å². The van der Waals surface area contributed by atoms with Crippen molar-refractivity contribution < 1.29 is 38.0 Å². The molecule has 0 saturated carbocycles. The summed E-state index contributed by atoms with van der Waals surface area (Å²) in [5.41, 5.74) is 1.97. The molecule has 3 heterocycles. The van der Waals surface area contributed by atoms with Crippen molar-refractivity contribution in [3.63, 3.8) is 0 Å². The van der Waals surface area contributed by atoms with Gasteiger partial charge in [0, 0.05) is 6.20 Å². The molecule has 3 aromatic carbocycles. The van der Waals surface area contributed by atoms with E-state index in [0.717, 1.165) is 5.56 Å². The van der Waals surface area contributed by atoms with Crippen molar-refractivity contribution in [3.8, 4) is 34.5 Å². The van der Waals surface area contributed by atoms with E-state index in [1.807, 2.05) is 39.0 Å². The summed E-state index contributed by atoms with van der Waals surface area (Å²) in [6.45, 7) is 7.22. The van der Waals surface area contributed by atoms with Crippen LogP contribution in [0.2, 0.25) is 5.02 Å². The van der Waals surface area contributed by atoms with Crippen LogP contribution in [-0.4, -0.2) is 44.3 Å². The summed E-state index contributed by atoms with van der Waals surface area (Å²) in [4.78, 5) is 31.9. The van der Waals surface area contributed by atoms with Crippen molar-refractivity contribution >= 4 is 35.0 Å². The number of halogens is 1. The van der Waals surface area contributed by atoms with Crippen LogP contribution in [0.15, 0.2) is 70.1 Å². The first kappa shape index (κ1) is 33.0. The number of rotatable bonds is 12. The molecule has 13 heteroatoms. The van der Waals surface area contributed by atoms with Gasteiger partial charge in [0.05, 0.1) is 48.1 Å². The Bertz CT molecular complexity index is 2070. The van der Waals surface area contributed by atoms with Gasteiger partial charge in [-0.15, -0.1) is 0 Å². The van der Waals surface area contributed by atoms with Crippen LogP contribution in [0.25, 0.3) is 6.08 Å². The SMILES string of the molecule is CCOc1ccc([C@H]2C(C(=O)OC)=CN=c3s/c(=C\c4cc(Cl)c(OCc5ccc6c(c5)OCO6)c(OCC)c4)c(=O)n32)cc1OCC. The highest BCUT2D eigenvalue weighted by atomic mass is 35.5. The lowest BCUT2D eigenvalue weighted by atomic mass is 9.97. The summed E-state index contributed by atoms with van der Waals surface area (Å²) < 4.78 is 41.4. The lowest BCUT2D eigenvalue weighted by Gasteiger charge is -2.23. The third kappa shape index (κ3) is 6.58. The summed E-state index contributed by atoms with van der Waals surface area (Å²) in [6, 6.07) is 13.6. The Morgan fingerprint density at radius 3 is 2.48 bits per heavy atom. The number of ether oxygens (including phenoxy) is 7. The zero-order valence-electron chi connectivity index (χ0n) is 26.7. The fraction of sp³-hybridized carbons (Fsp3) is 0.286. The van der Waals surface area contributed by atoms with Crippen molar-refractivity contribution in [2.24, 2.45) is 4.99 Å². The van der Waals surface area contributed by atoms with E-state index in [4.69, 9.17) is 44.8 Å². The Balaban J connectivity index is 1.37. The van der Waals surface area contributed by atoms with Gasteiger partial charge in [-0.05, 0) is 79.9 Å². The van der Waals surface area contributed by atoms with Gasteiger partial charge in [0.2, 0.25) is 6.79 Å². The number of methoxy groups -OCH3 is 1. The number of thiazole rings is 1. The van der Waals surface area contributed by atoms with Crippen LogP contribution in [0.4, 0.5) is 0 Å². The minimum Gasteiger partial charge on any atom is -0.490 e. The summed E-state index contributed by atoms with van der Waals surface area (Å²) in [6.07, 6.45) is 3.15. The summed E-state index contributed by atoms with van der Waals surface area (Å²) in [7, 11) is 1.29. The Kier molecular flexibility index (Phi) is 9.93. The highest BCUT2D eigenvalue weighted by Crippen LogP contribution is 2.39. The largest absolute Gasteiger partial charge is 0.490 e. The van der Waals surface area contributed by atoms with Crippen molar-refractivity contribution in [2.45, 2.75) is 33.4 Å². The second kappa shape index (κ2) is 14.4. The van der Waals surface area contributed by atoms with Crippen LogP contribution in [0.5, 0.6) is 34.5 Å². The van der Waals surface area contributed by atoms with Gasteiger partial charge in [-0.3, -0.25) is 9.36 Å². The Hall–Kier alpha value is -4.94. The average Bonchev–Trinajstić information content (AvgIpc) is 3.68. The Morgan fingerprint density at radius 1 is 0.958 bits per heavy atom. The molecule has 2 aliphatic heterocycles. The predicted octanol–water partition coefficient (Wildman–Crippen LogP) is 5.18. The van der Waals surface area contributed by atoms with E-state index in [9.17, 15) is 9.59 Å². The second-order valence-corrected chi connectivity index (χ2v) is 11.9. The van der Waals surface area contributed by atoms with Gasteiger partial charge in [0.1, 0.15) is 6.61 Å². The van der Waals surface area contributed by atoms with E-state index in [2.05, 4.69) is 4.99 Å². The number of hydrogen-bond acceptors (Lipinski definition) is 11. The summed E-state index contributed by atoms with van der Waals surface area (Å²) >= 11 is 7.92. The third-order valence-corrected chi connectivity index (χ3v) is 8.74. The van der Waals surface area contributed by atoms with Crippen molar-refractivity contribution in [1.82, 2.24) is 4.57 Å². The smallest absolute Gasteiger partial charge is 0.337 e. The normalized spacial score (nSPS) is 14.9. The maximum Gasteiger partial charge on any atom is 0.337 e. The zero-order valence-corrected chi connectivity index (χ0v) is 28.3. The first-order chi connectivity index (χ1) is 23.3. The molecule has 250 valence electrons. The molecular weight excluding hydrogens is 660 g/mol. The lowest BCUT2D eigenvalue weighted by molar-refractivity contribution is -0.136. The van der Waals surface area contributed by atoms with Crippen LogP contribution in [0.3, 0.4) is 0 Å². The van der Waals surface area contributed by atoms with E-state index in [1.165, 1.54) is 29.2 Å². The highest BCUT2D eigenvalue weighted by molar-refractivity contribution is 7.07. The van der Waals surface area contributed by atoms with Crippen molar-refractivity contribution in [1.29, 1.82) is 0 Å². The summed E-state index contributed by atoms with van der Waals surface area (Å²) in [5.74, 6) is 2.59. The Labute approximate surface area is 285 Å². The predicted molar refractivity (Wildman–Crippen MR) is 179 cm³/mol. The quantitative estimate of drug-likeness (QED) is 0.185. The second-order valence-electron chi connectivity index (χ2n) is 10.5. The van der Waals surface area contributed by atoms with Gasteiger partial charge >= 0.3 is 5.97 Å². The Morgan fingerprint density at radius 2 is 1.71 bits per heavy atom. The maximum atomic E-state index is 14.1. The number of carbonyl (C=O) groups excluding carboxylic acids is 1. The minimum atomic E-state index is -0.819. The van der Waals surface area contributed by atoms with E-state index < -0.39 is 12.0 Å². The van der Waals surface area contributed by atoms with Crippen molar-refractivity contribution in [3.05, 3.63) is 102 Å². The fourth-order valence-electron chi connectivity index (χ4n) is 5.40. The van der Waals surface area contributed by atoms with Crippen LogP contribution >= 0.6 is 22.9 Å². The van der Waals surface area contributed by atoms with Gasteiger partial charge in [0.25, 0.3) is 5.56 Å². The first-order valence-corrected chi connectivity index (χ1v) is 16.5. The average molecular weight is 693 g/mol. The molecule has 2 aliphatic rings.